The largest absolute Gasteiger partial charge is 0.497 e. The summed E-state index contributed by atoms with van der Waals surface area (Å²) < 4.78 is 5.21. The molecular formula is C15H20O. The molecule has 0 saturated heterocycles. The quantitative estimate of drug-likeness (QED) is 0.678. The molecule has 0 N–H and O–H groups in total. The highest BCUT2D eigenvalue weighted by atomic mass is 16.5. The van der Waals surface area contributed by atoms with Crippen LogP contribution in [-0.2, 0) is 0 Å². The van der Waals surface area contributed by atoms with Crippen LogP contribution in [-0.4, -0.2) is 7.11 Å². The van der Waals surface area contributed by atoms with Gasteiger partial charge >= 0.3 is 0 Å². The lowest BCUT2D eigenvalue weighted by Gasteiger charge is -2.17. The molecule has 0 aromatic heterocycles. The first kappa shape index (κ1) is 12.6. The summed E-state index contributed by atoms with van der Waals surface area (Å²) in [5.41, 5.74) is 2.63. The highest BCUT2D eigenvalue weighted by Crippen LogP contribution is 2.29. The molecule has 1 aromatic rings. The van der Waals surface area contributed by atoms with Gasteiger partial charge in [-0.1, -0.05) is 19.4 Å². The van der Waals surface area contributed by atoms with Gasteiger partial charge in [0.1, 0.15) is 5.75 Å². The molecule has 0 bridgehead atoms. The van der Waals surface area contributed by atoms with Crippen molar-refractivity contribution in [1.82, 2.24) is 0 Å². The maximum absolute atomic E-state index is 5.43. The molecule has 0 aliphatic carbocycles. The van der Waals surface area contributed by atoms with E-state index in [4.69, 9.17) is 11.2 Å². The van der Waals surface area contributed by atoms with Crippen LogP contribution in [0.5, 0.6) is 5.75 Å². The first-order chi connectivity index (χ1) is 7.72. The third-order valence-corrected chi connectivity index (χ3v) is 2.92. The summed E-state index contributed by atoms with van der Waals surface area (Å²) in [6, 6.07) is 6.24. The number of hydrogen-bond donors (Lipinski definition) is 0. The van der Waals surface area contributed by atoms with Crippen LogP contribution in [0.15, 0.2) is 18.2 Å². The Morgan fingerprint density at radius 1 is 1.44 bits per heavy atom. The van der Waals surface area contributed by atoms with Gasteiger partial charge in [-0.15, -0.1) is 12.3 Å². The van der Waals surface area contributed by atoms with Crippen LogP contribution >= 0.6 is 0 Å². The molecule has 1 heteroatoms. The number of methoxy groups -OCH3 is 1. The zero-order valence-electron chi connectivity index (χ0n) is 10.4. The summed E-state index contributed by atoms with van der Waals surface area (Å²) in [6.07, 6.45) is 8.56. The Morgan fingerprint density at radius 3 is 2.69 bits per heavy atom. The Hall–Kier alpha value is -1.42. The number of ether oxygens (including phenoxy) is 1. The van der Waals surface area contributed by atoms with Gasteiger partial charge < -0.3 is 4.74 Å². The van der Waals surface area contributed by atoms with Crippen molar-refractivity contribution in [3.8, 4) is 18.1 Å². The summed E-state index contributed by atoms with van der Waals surface area (Å²) in [6.45, 7) is 4.32. The van der Waals surface area contributed by atoms with Gasteiger partial charge in [0.25, 0.3) is 0 Å². The molecular weight excluding hydrogens is 196 g/mol. The van der Waals surface area contributed by atoms with Gasteiger partial charge in [-0.2, -0.15) is 0 Å². The van der Waals surface area contributed by atoms with Gasteiger partial charge in [0.15, 0.2) is 0 Å². The molecule has 86 valence electrons. The predicted molar refractivity (Wildman–Crippen MR) is 68.8 cm³/mol. The molecule has 1 rings (SSSR count). The van der Waals surface area contributed by atoms with E-state index in [0.717, 1.165) is 25.0 Å². The number of aryl methyl sites for hydroxylation is 1. The Morgan fingerprint density at radius 2 is 2.19 bits per heavy atom. The maximum atomic E-state index is 5.43. The second-order valence-corrected chi connectivity index (χ2v) is 4.12. The van der Waals surface area contributed by atoms with Crippen LogP contribution in [0.4, 0.5) is 0 Å². The lowest BCUT2D eigenvalue weighted by molar-refractivity contribution is 0.414. The number of benzene rings is 1. The van der Waals surface area contributed by atoms with E-state index in [2.05, 4.69) is 31.9 Å². The van der Waals surface area contributed by atoms with E-state index in [9.17, 15) is 0 Å². The number of hydrogen-bond acceptors (Lipinski definition) is 1. The van der Waals surface area contributed by atoms with Crippen molar-refractivity contribution in [3.05, 3.63) is 29.3 Å². The van der Waals surface area contributed by atoms with Crippen molar-refractivity contribution in [1.29, 1.82) is 0 Å². The standard InChI is InChI=1S/C15H20O/c1-5-7-13(8-6-2)15-10-9-14(16-4)11-12(15)3/h1,9-11,13H,6-8H2,2-4H3. The average Bonchev–Trinajstić information content (AvgIpc) is 2.29. The van der Waals surface area contributed by atoms with Crippen LogP contribution in [0, 0.1) is 19.3 Å². The average molecular weight is 216 g/mol. The minimum atomic E-state index is 0.487. The molecule has 0 radical (unpaired) electrons. The Bertz CT molecular complexity index is 374. The second kappa shape index (κ2) is 6.23. The summed E-state index contributed by atoms with van der Waals surface area (Å²) in [4.78, 5) is 0. The fraction of sp³-hybridized carbons (Fsp3) is 0.467. The van der Waals surface area contributed by atoms with Crippen LogP contribution in [0.3, 0.4) is 0 Å². The van der Waals surface area contributed by atoms with Gasteiger partial charge in [-0.3, -0.25) is 0 Å². The summed E-state index contributed by atoms with van der Waals surface area (Å²) in [7, 11) is 1.69. The van der Waals surface area contributed by atoms with Crippen LogP contribution in [0.2, 0.25) is 0 Å². The molecule has 0 aliphatic rings. The summed E-state index contributed by atoms with van der Waals surface area (Å²) >= 11 is 0. The van der Waals surface area contributed by atoms with E-state index in [1.165, 1.54) is 11.1 Å². The lowest BCUT2D eigenvalue weighted by Crippen LogP contribution is -2.00. The van der Waals surface area contributed by atoms with E-state index in [0.29, 0.717) is 5.92 Å². The van der Waals surface area contributed by atoms with E-state index in [-0.39, 0.29) is 0 Å². The Balaban J connectivity index is 2.96. The van der Waals surface area contributed by atoms with Gasteiger partial charge in [-0.05, 0) is 42.5 Å². The maximum Gasteiger partial charge on any atom is 0.119 e. The van der Waals surface area contributed by atoms with E-state index in [1.807, 2.05) is 6.07 Å². The van der Waals surface area contributed by atoms with Crippen LogP contribution in [0.25, 0.3) is 0 Å². The minimum Gasteiger partial charge on any atom is -0.497 e. The highest BCUT2D eigenvalue weighted by molar-refractivity contribution is 5.37. The Labute approximate surface area is 98.8 Å². The van der Waals surface area contributed by atoms with Crippen LogP contribution in [0.1, 0.15) is 43.2 Å². The molecule has 0 fully saturated rings. The van der Waals surface area contributed by atoms with Crippen molar-refractivity contribution < 1.29 is 4.74 Å². The molecule has 1 atom stereocenters. The molecule has 0 aliphatic heterocycles. The van der Waals surface area contributed by atoms with E-state index < -0.39 is 0 Å². The second-order valence-electron chi connectivity index (χ2n) is 4.12. The molecule has 0 saturated carbocycles. The number of terminal acetylenes is 1. The summed E-state index contributed by atoms with van der Waals surface area (Å²) in [5, 5.41) is 0. The zero-order chi connectivity index (χ0) is 12.0. The summed E-state index contributed by atoms with van der Waals surface area (Å²) in [5.74, 6) is 4.18. The first-order valence-electron chi connectivity index (χ1n) is 5.80. The third-order valence-electron chi connectivity index (χ3n) is 2.92. The number of rotatable bonds is 5. The van der Waals surface area contributed by atoms with Gasteiger partial charge in [0, 0.05) is 6.42 Å². The third kappa shape index (κ3) is 3.03. The van der Waals surface area contributed by atoms with Crippen molar-refractivity contribution in [2.45, 2.75) is 39.0 Å². The first-order valence-corrected chi connectivity index (χ1v) is 5.80. The fourth-order valence-corrected chi connectivity index (χ4v) is 2.09. The van der Waals surface area contributed by atoms with E-state index >= 15 is 0 Å². The van der Waals surface area contributed by atoms with Crippen molar-refractivity contribution in [3.63, 3.8) is 0 Å². The van der Waals surface area contributed by atoms with Crippen LogP contribution < -0.4 is 4.74 Å². The molecule has 0 spiro atoms. The fourth-order valence-electron chi connectivity index (χ4n) is 2.09. The Kier molecular flexibility index (Phi) is 4.92. The SMILES string of the molecule is C#CCC(CCC)c1ccc(OC)cc1C. The predicted octanol–water partition coefficient (Wildman–Crippen LogP) is 3.91. The molecule has 0 amide bonds. The van der Waals surface area contributed by atoms with Crippen molar-refractivity contribution in [2.24, 2.45) is 0 Å². The van der Waals surface area contributed by atoms with Gasteiger partial charge in [0.05, 0.1) is 7.11 Å². The molecule has 1 unspecified atom stereocenters. The topological polar surface area (TPSA) is 9.23 Å². The normalized spacial score (nSPS) is 11.9. The van der Waals surface area contributed by atoms with Crippen molar-refractivity contribution in [2.75, 3.05) is 7.11 Å². The molecule has 16 heavy (non-hydrogen) atoms. The molecule has 1 aromatic carbocycles. The minimum absolute atomic E-state index is 0.487. The molecule has 0 heterocycles. The van der Waals surface area contributed by atoms with E-state index in [1.54, 1.807) is 7.11 Å². The molecule has 1 nitrogen and oxygen atoms in total. The smallest absolute Gasteiger partial charge is 0.119 e. The lowest BCUT2D eigenvalue weighted by atomic mass is 9.89. The highest BCUT2D eigenvalue weighted by Gasteiger charge is 2.12. The monoisotopic (exact) mass is 216 g/mol. The van der Waals surface area contributed by atoms with Gasteiger partial charge in [0.2, 0.25) is 0 Å². The van der Waals surface area contributed by atoms with Gasteiger partial charge in [-0.25, -0.2) is 0 Å². The zero-order valence-corrected chi connectivity index (χ0v) is 10.4. The van der Waals surface area contributed by atoms with Crippen molar-refractivity contribution >= 4 is 0 Å².